The van der Waals surface area contributed by atoms with Gasteiger partial charge in [0.05, 0.1) is 12.4 Å². The van der Waals surface area contributed by atoms with Crippen LogP contribution in [-0.2, 0) is 4.79 Å². The number of nitrogens with zero attached hydrogens (tertiary/aromatic N) is 2. The molecular formula is C17H16N2O2. The van der Waals surface area contributed by atoms with Crippen molar-refractivity contribution in [2.75, 3.05) is 0 Å². The van der Waals surface area contributed by atoms with Crippen molar-refractivity contribution in [3.8, 4) is 5.75 Å². The lowest BCUT2D eigenvalue weighted by molar-refractivity contribution is -0.131. The molecule has 2 rings (SSSR count). The molecule has 2 aromatic rings. The fourth-order valence-corrected chi connectivity index (χ4v) is 1.64. The Balaban J connectivity index is 1.94. The standard InChI is InChI=1S/C17H16N2O2/c1-13-3-5-15(6-4-13)11-18-19-12-16-7-9-17(10-8-16)21-14(2)20/h3-12H,1-2H3/b18-11+,19-12+. The molecule has 0 fully saturated rings. The fraction of sp³-hybridized carbons (Fsp3) is 0.118. The van der Waals surface area contributed by atoms with Gasteiger partial charge in [0, 0.05) is 6.92 Å². The van der Waals surface area contributed by atoms with E-state index in [1.54, 1.807) is 24.6 Å². The molecule has 0 atom stereocenters. The van der Waals surface area contributed by atoms with Gasteiger partial charge in [0.15, 0.2) is 0 Å². The summed E-state index contributed by atoms with van der Waals surface area (Å²) in [5, 5.41) is 7.98. The molecule has 0 bridgehead atoms. The third-order valence-electron chi connectivity index (χ3n) is 2.70. The van der Waals surface area contributed by atoms with Crippen molar-refractivity contribution in [3.05, 3.63) is 65.2 Å². The van der Waals surface area contributed by atoms with E-state index in [4.69, 9.17) is 4.74 Å². The zero-order chi connectivity index (χ0) is 15.1. The number of carbonyl (C=O) groups excluding carboxylic acids is 1. The normalized spacial score (nSPS) is 11.1. The summed E-state index contributed by atoms with van der Waals surface area (Å²) in [6.45, 7) is 3.41. The molecule has 0 saturated heterocycles. The predicted molar refractivity (Wildman–Crippen MR) is 84.1 cm³/mol. The summed E-state index contributed by atoms with van der Waals surface area (Å²) in [5.41, 5.74) is 3.10. The molecule has 0 aliphatic rings. The van der Waals surface area contributed by atoms with Crippen molar-refractivity contribution < 1.29 is 9.53 Å². The van der Waals surface area contributed by atoms with Crippen molar-refractivity contribution in [2.45, 2.75) is 13.8 Å². The maximum absolute atomic E-state index is 10.8. The van der Waals surface area contributed by atoms with Crippen LogP contribution in [0.3, 0.4) is 0 Å². The molecule has 0 radical (unpaired) electrons. The number of benzene rings is 2. The van der Waals surface area contributed by atoms with Crippen molar-refractivity contribution >= 4 is 18.4 Å². The largest absolute Gasteiger partial charge is 0.427 e. The van der Waals surface area contributed by atoms with Gasteiger partial charge in [-0.1, -0.05) is 29.8 Å². The predicted octanol–water partition coefficient (Wildman–Crippen LogP) is 3.37. The lowest BCUT2D eigenvalue weighted by Gasteiger charge is -2.00. The zero-order valence-electron chi connectivity index (χ0n) is 12.0. The first kappa shape index (κ1) is 14.7. The van der Waals surface area contributed by atoms with Gasteiger partial charge in [-0.15, -0.1) is 0 Å². The van der Waals surface area contributed by atoms with Crippen LogP contribution in [0.15, 0.2) is 58.7 Å². The number of hydrogen-bond acceptors (Lipinski definition) is 4. The second-order valence-electron chi connectivity index (χ2n) is 4.56. The fourth-order valence-electron chi connectivity index (χ4n) is 1.64. The highest BCUT2D eigenvalue weighted by atomic mass is 16.5. The SMILES string of the molecule is CC(=O)Oc1ccc(/C=N/N=C/c2ccc(C)cc2)cc1. The van der Waals surface area contributed by atoms with Crippen LogP contribution in [0, 0.1) is 6.92 Å². The average molecular weight is 280 g/mol. The molecule has 0 heterocycles. The van der Waals surface area contributed by atoms with Gasteiger partial charge in [-0.3, -0.25) is 4.79 Å². The van der Waals surface area contributed by atoms with E-state index in [9.17, 15) is 4.79 Å². The van der Waals surface area contributed by atoms with Crippen molar-refractivity contribution in [3.63, 3.8) is 0 Å². The molecule has 4 heteroatoms. The van der Waals surface area contributed by atoms with E-state index >= 15 is 0 Å². The van der Waals surface area contributed by atoms with Crippen LogP contribution in [0.1, 0.15) is 23.6 Å². The Labute approximate surface area is 123 Å². The van der Waals surface area contributed by atoms with Gasteiger partial charge in [0.2, 0.25) is 0 Å². The van der Waals surface area contributed by atoms with Crippen molar-refractivity contribution in [1.82, 2.24) is 0 Å². The number of ether oxygens (including phenoxy) is 1. The lowest BCUT2D eigenvalue weighted by Crippen LogP contribution is -2.00. The molecule has 0 aromatic heterocycles. The lowest BCUT2D eigenvalue weighted by atomic mass is 10.2. The van der Waals surface area contributed by atoms with Gasteiger partial charge in [-0.2, -0.15) is 10.2 Å². The van der Waals surface area contributed by atoms with Crippen LogP contribution in [0.4, 0.5) is 0 Å². The molecular weight excluding hydrogens is 264 g/mol. The van der Waals surface area contributed by atoms with Crippen LogP contribution < -0.4 is 4.74 Å². The average Bonchev–Trinajstić information content (AvgIpc) is 2.46. The van der Waals surface area contributed by atoms with E-state index in [-0.39, 0.29) is 5.97 Å². The van der Waals surface area contributed by atoms with Gasteiger partial charge in [0.1, 0.15) is 5.75 Å². The van der Waals surface area contributed by atoms with E-state index in [2.05, 4.69) is 10.2 Å². The molecule has 0 N–H and O–H groups in total. The molecule has 0 unspecified atom stereocenters. The highest BCUT2D eigenvalue weighted by Gasteiger charge is 1.96. The zero-order valence-corrected chi connectivity index (χ0v) is 12.0. The molecule has 0 aliphatic heterocycles. The van der Waals surface area contributed by atoms with E-state index in [1.807, 2.05) is 43.3 Å². The third kappa shape index (κ3) is 5.03. The summed E-state index contributed by atoms with van der Waals surface area (Å²) in [6, 6.07) is 15.1. The highest BCUT2D eigenvalue weighted by Crippen LogP contribution is 2.11. The van der Waals surface area contributed by atoms with Crippen LogP contribution in [0.2, 0.25) is 0 Å². The van der Waals surface area contributed by atoms with Crippen molar-refractivity contribution in [1.29, 1.82) is 0 Å². The van der Waals surface area contributed by atoms with E-state index < -0.39 is 0 Å². The molecule has 0 amide bonds. The minimum Gasteiger partial charge on any atom is -0.427 e. The summed E-state index contributed by atoms with van der Waals surface area (Å²) in [6.07, 6.45) is 3.34. The third-order valence-corrected chi connectivity index (χ3v) is 2.70. The molecule has 0 aliphatic carbocycles. The second-order valence-corrected chi connectivity index (χ2v) is 4.56. The summed E-state index contributed by atoms with van der Waals surface area (Å²) in [5.74, 6) is 0.182. The summed E-state index contributed by atoms with van der Waals surface area (Å²) in [7, 11) is 0. The molecule has 0 saturated carbocycles. The van der Waals surface area contributed by atoms with Crippen LogP contribution >= 0.6 is 0 Å². The molecule has 21 heavy (non-hydrogen) atoms. The Hall–Kier alpha value is -2.75. The van der Waals surface area contributed by atoms with Crippen LogP contribution in [0.25, 0.3) is 0 Å². The molecule has 4 nitrogen and oxygen atoms in total. The summed E-state index contributed by atoms with van der Waals surface area (Å²) < 4.78 is 4.95. The number of rotatable bonds is 4. The number of hydrogen-bond donors (Lipinski definition) is 0. The second kappa shape index (κ2) is 7.14. The Morgan fingerprint density at radius 1 is 0.905 bits per heavy atom. The minimum atomic E-state index is -0.334. The van der Waals surface area contributed by atoms with Gasteiger partial charge >= 0.3 is 5.97 Å². The van der Waals surface area contributed by atoms with Crippen molar-refractivity contribution in [2.24, 2.45) is 10.2 Å². The van der Waals surface area contributed by atoms with Gasteiger partial charge in [-0.05, 0) is 42.3 Å². The monoisotopic (exact) mass is 280 g/mol. The quantitative estimate of drug-likeness (QED) is 0.373. The topological polar surface area (TPSA) is 51.0 Å². The maximum atomic E-state index is 10.8. The van der Waals surface area contributed by atoms with Gasteiger partial charge in [0.25, 0.3) is 0 Å². The Morgan fingerprint density at radius 3 is 1.86 bits per heavy atom. The smallest absolute Gasteiger partial charge is 0.308 e. The highest BCUT2D eigenvalue weighted by molar-refractivity contribution is 5.82. The van der Waals surface area contributed by atoms with Crippen LogP contribution in [-0.4, -0.2) is 18.4 Å². The molecule has 0 spiro atoms. The molecule has 106 valence electrons. The van der Waals surface area contributed by atoms with Gasteiger partial charge < -0.3 is 4.74 Å². The first-order chi connectivity index (χ1) is 10.1. The summed E-state index contributed by atoms with van der Waals surface area (Å²) in [4.78, 5) is 10.8. The first-order valence-corrected chi connectivity index (χ1v) is 6.55. The minimum absolute atomic E-state index is 0.334. The number of carbonyl (C=O) groups is 1. The van der Waals surface area contributed by atoms with E-state index in [1.165, 1.54) is 12.5 Å². The molecule has 2 aromatic carbocycles. The Bertz CT molecular complexity index is 656. The Kier molecular flexibility index (Phi) is 4.99. The van der Waals surface area contributed by atoms with Crippen LogP contribution in [0.5, 0.6) is 5.75 Å². The van der Waals surface area contributed by atoms with E-state index in [0.29, 0.717) is 5.75 Å². The Morgan fingerprint density at radius 2 is 1.38 bits per heavy atom. The summed E-state index contributed by atoms with van der Waals surface area (Å²) >= 11 is 0. The maximum Gasteiger partial charge on any atom is 0.308 e. The van der Waals surface area contributed by atoms with Gasteiger partial charge in [-0.25, -0.2) is 0 Å². The number of esters is 1. The number of aryl methyl sites for hydroxylation is 1. The first-order valence-electron chi connectivity index (χ1n) is 6.55. The van der Waals surface area contributed by atoms with E-state index in [0.717, 1.165) is 11.1 Å².